The topological polar surface area (TPSA) is 77.0 Å². The molecule has 2 aliphatic rings. The molecule has 6 nitrogen and oxygen atoms in total. The van der Waals surface area contributed by atoms with Crippen LogP contribution in [0.4, 0.5) is 11.4 Å². The first-order valence-corrected chi connectivity index (χ1v) is 15.9. The van der Waals surface area contributed by atoms with Gasteiger partial charge >= 0.3 is 10.1 Å². The second-order valence-corrected chi connectivity index (χ2v) is 13.0. The SMILES string of the molecule is COc1cc(C=Nc2ccc([C@@H]3Nc4ccccc4[C@H]4C=CC[C@@H]43)cc2)cc(I)c1OS(=O)(=O)c1ccc(C)cc1. The van der Waals surface area contributed by atoms with Crippen molar-refractivity contribution in [1.82, 2.24) is 0 Å². The Morgan fingerprint density at radius 2 is 1.76 bits per heavy atom. The molecule has 0 saturated heterocycles. The second-order valence-electron chi connectivity index (χ2n) is 10.3. The Balaban J connectivity index is 1.20. The van der Waals surface area contributed by atoms with Gasteiger partial charge in [0.25, 0.3) is 0 Å². The van der Waals surface area contributed by atoms with Crippen molar-refractivity contribution < 1.29 is 17.3 Å². The summed E-state index contributed by atoms with van der Waals surface area (Å²) in [5, 5.41) is 3.77. The van der Waals surface area contributed by atoms with Gasteiger partial charge in [0.1, 0.15) is 4.90 Å². The number of ether oxygens (including phenoxy) is 1. The van der Waals surface area contributed by atoms with Crippen LogP contribution in [0.25, 0.3) is 0 Å². The molecule has 208 valence electrons. The number of aliphatic imine (C=N–C) groups is 1. The van der Waals surface area contributed by atoms with Gasteiger partial charge in [-0.15, -0.1) is 0 Å². The summed E-state index contributed by atoms with van der Waals surface area (Å²) in [5.74, 6) is 1.39. The molecular weight excluding hydrogens is 647 g/mol. The van der Waals surface area contributed by atoms with E-state index in [-0.39, 0.29) is 16.7 Å². The summed E-state index contributed by atoms with van der Waals surface area (Å²) in [4.78, 5) is 4.75. The molecule has 0 aromatic heterocycles. The summed E-state index contributed by atoms with van der Waals surface area (Å²) in [6.45, 7) is 1.90. The zero-order valence-electron chi connectivity index (χ0n) is 22.6. The number of hydrogen-bond donors (Lipinski definition) is 1. The van der Waals surface area contributed by atoms with Gasteiger partial charge in [0.2, 0.25) is 0 Å². The first-order chi connectivity index (χ1) is 19.8. The lowest BCUT2D eigenvalue weighted by atomic mass is 9.77. The summed E-state index contributed by atoms with van der Waals surface area (Å²) < 4.78 is 37.3. The molecule has 0 saturated carbocycles. The minimum Gasteiger partial charge on any atom is -0.493 e. The number of aryl methyl sites for hydroxylation is 1. The third kappa shape index (κ3) is 5.63. The van der Waals surface area contributed by atoms with E-state index < -0.39 is 10.1 Å². The normalized spacial score (nSPS) is 19.4. The molecular formula is C33H29IN2O4S. The lowest BCUT2D eigenvalue weighted by Crippen LogP contribution is -2.28. The number of allylic oxidation sites excluding steroid dienone is 2. The van der Waals surface area contributed by atoms with E-state index in [2.05, 4.69) is 81.5 Å². The van der Waals surface area contributed by atoms with Gasteiger partial charge < -0.3 is 14.2 Å². The Labute approximate surface area is 254 Å². The molecule has 1 aliphatic carbocycles. The van der Waals surface area contributed by atoms with Crippen molar-refractivity contribution in [2.24, 2.45) is 10.9 Å². The van der Waals surface area contributed by atoms with Crippen LogP contribution >= 0.6 is 22.6 Å². The number of benzene rings is 4. The first kappa shape index (κ1) is 27.5. The summed E-state index contributed by atoms with van der Waals surface area (Å²) in [7, 11) is -2.53. The summed E-state index contributed by atoms with van der Waals surface area (Å²) in [6.07, 6.45) is 7.45. The molecule has 0 bridgehead atoms. The van der Waals surface area contributed by atoms with Crippen LogP contribution in [-0.2, 0) is 10.1 Å². The Hall–Kier alpha value is -3.63. The number of halogens is 1. The van der Waals surface area contributed by atoms with Gasteiger partial charge in [-0.2, -0.15) is 8.42 Å². The van der Waals surface area contributed by atoms with E-state index >= 15 is 0 Å². The maximum absolute atomic E-state index is 12.9. The molecule has 6 rings (SSSR count). The molecule has 0 amide bonds. The third-order valence-corrected chi connectivity index (χ3v) is 9.68. The molecule has 0 spiro atoms. The van der Waals surface area contributed by atoms with Crippen LogP contribution in [0, 0.1) is 16.4 Å². The predicted molar refractivity (Wildman–Crippen MR) is 171 cm³/mol. The lowest BCUT2D eigenvalue weighted by Gasteiger charge is -2.37. The van der Waals surface area contributed by atoms with Gasteiger partial charge in [-0.3, -0.25) is 4.99 Å². The van der Waals surface area contributed by atoms with E-state index in [4.69, 9.17) is 8.92 Å². The van der Waals surface area contributed by atoms with Crippen molar-refractivity contribution in [2.45, 2.75) is 30.2 Å². The number of anilines is 1. The quantitative estimate of drug-likeness (QED) is 0.0931. The lowest BCUT2D eigenvalue weighted by molar-refractivity contribution is 0.389. The number of nitrogens with zero attached hydrogens (tertiary/aromatic N) is 1. The second kappa shape index (κ2) is 11.3. The van der Waals surface area contributed by atoms with Crippen LogP contribution in [0.5, 0.6) is 11.5 Å². The van der Waals surface area contributed by atoms with Gasteiger partial charge in [-0.05, 0) is 101 Å². The number of nitrogens with one attached hydrogen (secondary N) is 1. The number of hydrogen-bond acceptors (Lipinski definition) is 6. The predicted octanol–water partition coefficient (Wildman–Crippen LogP) is 7.95. The van der Waals surface area contributed by atoms with Crippen LogP contribution in [-0.4, -0.2) is 21.7 Å². The van der Waals surface area contributed by atoms with Crippen molar-refractivity contribution in [3.63, 3.8) is 0 Å². The highest BCUT2D eigenvalue weighted by Crippen LogP contribution is 2.49. The first-order valence-electron chi connectivity index (χ1n) is 13.4. The molecule has 4 aromatic rings. The standard InChI is InChI=1S/C33H29IN2O4S/c1-21-10-16-25(17-11-21)41(37,38)40-33-29(34)18-22(19-31(33)39-2)20-35-24-14-12-23(13-15-24)32-28-8-5-7-26(28)27-6-3-4-9-30(27)36-32/h3-7,9-20,26,28,32,36H,8H2,1-2H3/t26-,28+,32+/m1/s1. The molecule has 1 N–H and O–H groups in total. The maximum Gasteiger partial charge on any atom is 0.339 e. The molecule has 8 heteroatoms. The molecule has 41 heavy (non-hydrogen) atoms. The molecule has 3 atom stereocenters. The highest BCUT2D eigenvalue weighted by Gasteiger charge is 2.37. The molecule has 0 radical (unpaired) electrons. The summed E-state index contributed by atoms with van der Waals surface area (Å²) >= 11 is 2.05. The Morgan fingerprint density at radius 3 is 2.51 bits per heavy atom. The smallest absolute Gasteiger partial charge is 0.339 e. The van der Waals surface area contributed by atoms with Crippen molar-refractivity contribution >= 4 is 50.3 Å². The highest BCUT2D eigenvalue weighted by atomic mass is 127. The van der Waals surface area contributed by atoms with Gasteiger partial charge in [0.15, 0.2) is 11.5 Å². The number of para-hydroxylation sites is 1. The monoisotopic (exact) mass is 676 g/mol. The van der Waals surface area contributed by atoms with Crippen LogP contribution < -0.4 is 14.2 Å². The van der Waals surface area contributed by atoms with Gasteiger partial charge in [0, 0.05) is 17.8 Å². The maximum atomic E-state index is 12.9. The van der Waals surface area contributed by atoms with Crippen molar-refractivity contribution in [3.05, 3.63) is 123 Å². The fourth-order valence-corrected chi connectivity index (χ4v) is 7.39. The summed E-state index contributed by atoms with van der Waals surface area (Å²) in [6, 6.07) is 27.2. The van der Waals surface area contributed by atoms with Crippen LogP contribution in [0.15, 0.2) is 107 Å². The van der Waals surface area contributed by atoms with Gasteiger partial charge in [0.05, 0.1) is 22.4 Å². The van der Waals surface area contributed by atoms with Crippen molar-refractivity contribution in [1.29, 1.82) is 0 Å². The minimum absolute atomic E-state index is 0.0855. The van der Waals surface area contributed by atoms with Crippen LogP contribution in [0.3, 0.4) is 0 Å². The summed E-state index contributed by atoms with van der Waals surface area (Å²) in [5.41, 5.74) is 6.37. The fraction of sp³-hybridized carbons (Fsp3) is 0.182. The largest absolute Gasteiger partial charge is 0.493 e. The van der Waals surface area contributed by atoms with E-state index in [0.29, 0.717) is 21.2 Å². The fourth-order valence-electron chi connectivity index (χ4n) is 5.55. The average molecular weight is 677 g/mol. The van der Waals surface area contributed by atoms with E-state index in [1.54, 1.807) is 24.4 Å². The molecule has 4 aromatic carbocycles. The molecule has 1 heterocycles. The van der Waals surface area contributed by atoms with E-state index in [1.165, 1.54) is 36.1 Å². The Bertz CT molecular complexity index is 1750. The van der Waals surface area contributed by atoms with E-state index in [0.717, 1.165) is 23.2 Å². The van der Waals surface area contributed by atoms with Crippen LogP contribution in [0.2, 0.25) is 0 Å². The van der Waals surface area contributed by atoms with Gasteiger partial charge in [-0.1, -0.05) is 60.2 Å². The average Bonchev–Trinajstić information content (AvgIpc) is 3.48. The molecule has 0 fully saturated rings. The van der Waals surface area contributed by atoms with E-state index in [9.17, 15) is 8.42 Å². The Morgan fingerprint density at radius 1 is 1.00 bits per heavy atom. The van der Waals surface area contributed by atoms with E-state index in [1.807, 2.05) is 25.1 Å². The molecule has 0 unspecified atom stereocenters. The van der Waals surface area contributed by atoms with Crippen molar-refractivity contribution in [3.8, 4) is 11.5 Å². The minimum atomic E-state index is -4.02. The highest BCUT2D eigenvalue weighted by molar-refractivity contribution is 14.1. The third-order valence-electron chi connectivity index (χ3n) is 7.64. The number of rotatable bonds is 7. The van der Waals surface area contributed by atoms with Crippen LogP contribution in [0.1, 0.15) is 40.6 Å². The molecule has 1 aliphatic heterocycles. The van der Waals surface area contributed by atoms with Crippen molar-refractivity contribution in [2.75, 3.05) is 12.4 Å². The van der Waals surface area contributed by atoms with Gasteiger partial charge in [-0.25, -0.2) is 0 Å². The Kier molecular flexibility index (Phi) is 7.61. The number of fused-ring (bicyclic) bond motifs is 3. The zero-order valence-corrected chi connectivity index (χ0v) is 25.6. The number of methoxy groups -OCH3 is 1. The zero-order chi connectivity index (χ0) is 28.6.